The van der Waals surface area contributed by atoms with Crippen LogP contribution in [0.3, 0.4) is 0 Å². The minimum atomic E-state index is -0.396. The average molecular weight is 149 g/mol. The van der Waals surface area contributed by atoms with Crippen LogP contribution >= 0.6 is 0 Å². The van der Waals surface area contributed by atoms with E-state index in [9.17, 15) is 4.79 Å². The Balaban J connectivity index is 0. The highest BCUT2D eigenvalue weighted by atomic mass is 16.3. The Kier molecular flexibility index (Phi) is 10.2. The Morgan fingerprint density at radius 3 is 1.70 bits per heavy atom. The lowest BCUT2D eigenvalue weighted by molar-refractivity contribution is -0.131. The summed E-state index contributed by atoms with van der Waals surface area (Å²) in [5, 5.41) is 15.7. The van der Waals surface area contributed by atoms with Crippen LogP contribution in [0.25, 0.3) is 0 Å². The van der Waals surface area contributed by atoms with Gasteiger partial charge in [-0.1, -0.05) is 0 Å². The number of carbonyl (C=O) groups is 1. The molecule has 0 aliphatic rings. The average Bonchev–Trinajstić information content (AvgIpc) is 1.88. The quantitative estimate of drug-likeness (QED) is 0.506. The van der Waals surface area contributed by atoms with Crippen LogP contribution in [-0.2, 0) is 4.79 Å². The first-order chi connectivity index (χ1) is 4.59. The van der Waals surface area contributed by atoms with Gasteiger partial charge in [0.1, 0.15) is 6.61 Å². The Labute approximate surface area is 61.1 Å². The van der Waals surface area contributed by atoms with Crippen LogP contribution in [0.1, 0.15) is 6.92 Å². The van der Waals surface area contributed by atoms with E-state index in [1.54, 1.807) is 21.0 Å². The molecule has 4 nitrogen and oxygen atoms in total. The topological polar surface area (TPSA) is 60.8 Å². The number of carbonyl (C=O) groups excluding carboxylic acids is 1. The zero-order chi connectivity index (χ0) is 8.57. The minimum Gasteiger partial charge on any atom is -0.397 e. The first kappa shape index (κ1) is 12.1. The van der Waals surface area contributed by atoms with Crippen LogP contribution in [0.5, 0.6) is 0 Å². The van der Waals surface area contributed by atoms with Crippen molar-refractivity contribution in [3.8, 4) is 0 Å². The molecule has 0 unspecified atom stereocenters. The zero-order valence-electron chi connectivity index (χ0n) is 6.66. The smallest absolute Gasteiger partial charge is 0.247 e. The molecule has 0 rings (SSSR count). The summed E-state index contributed by atoms with van der Waals surface area (Å²) in [5.74, 6) is -0.264. The summed E-state index contributed by atoms with van der Waals surface area (Å²) in [5.41, 5.74) is 0. The van der Waals surface area contributed by atoms with Crippen LogP contribution in [0.15, 0.2) is 0 Å². The Hall–Kier alpha value is -0.610. The van der Waals surface area contributed by atoms with E-state index in [1.807, 2.05) is 0 Å². The van der Waals surface area contributed by atoms with Gasteiger partial charge in [0.2, 0.25) is 5.91 Å². The van der Waals surface area contributed by atoms with E-state index < -0.39 is 6.61 Å². The Morgan fingerprint density at radius 2 is 1.70 bits per heavy atom. The molecule has 1 amide bonds. The van der Waals surface area contributed by atoms with E-state index in [-0.39, 0.29) is 12.5 Å². The van der Waals surface area contributed by atoms with Crippen LogP contribution in [0.2, 0.25) is 0 Å². The third-order valence-corrected chi connectivity index (χ3v) is 0.634. The van der Waals surface area contributed by atoms with Gasteiger partial charge in [0.05, 0.1) is 0 Å². The molecule has 0 atom stereocenters. The van der Waals surface area contributed by atoms with Gasteiger partial charge in [0, 0.05) is 20.7 Å². The summed E-state index contributed by atoms with van der Waals surface area (Å²) in [6.45, 7) is 1.53. The number of amides is 1. The van der Waals surface area contributed by atoms with E-state index in [1.165, 1.54) is 4.90 Å². The van der Waals surface area contributed by atoms with Gasteiger partial charge in [-0.25, -0.2) is 0 Å². The largest absolute Gasteiger partial charge is 0.397 e. The maximum atomic E-state index is 10.2. The molecule has 0 spiro atoms. The van der Waals surface area contributed by atoms with E-state index >= 15 is 0 Å². The molecule has 0 aromatic carbocycles. The van der Waals surface area contributed by atoms with Gasteiger partial charge in [0.25, 0.3) is 0 Å². The molecule has 10 heavy (non-hydrogen) atoms. The maximum Gasteiger partial charge on any atom is 0.247 e. The van der Waals surface area contributed by atoms with Crippen molar-refractivity contribution in [2.45, 2.75) is 6.92 Å². The molecule has 0 aromatic rings. The summed E-state index contributed by atoms with van der Waals surface area (Å²) < 4.78 is 0. The fourth-order valence-electron chi connectivity index (χ4n) is 0.141. The first-order valence-electron chi connectivity index (χ1n) is 3.02. The van der Waals surface area contributed by atoms with Crippen LogP contribution in [-0.4, -0.2) is 48.3 Å². The third kappa shape index (κ3) is 10.4. The number of nitrogens with zero attached hydrogens (tertiary/aromatic N) is 1. The molecule has 0 aromatic heterocycles. The van der Waals surface area contributed by atoms with Crippen LogP contribution in [0.4, 0.5) is 0 Å². The van der Waals surface area contributed by atoms with Crippen LogP contribution < -0.4 is 0 Å². The highest BCUT2D eigenvalue weighted by Gasteiger charge is 1.96. The molecule has 4 heteroatoms. The summed E-state index contributed by atoms with van der Waals surface area (Å²) in [6.07, 6.45) is 0. The second kappa shape index (κ2) is 8.39. The molecule has 0 heterocycles. The molecule has 0 radical (unpaired) electrons. The zero-order valence-corrected chi connectivity index (χ0v) is 6.66. The standard InChI is InChI=1S/C4H9NO2.C2H6O/c1-5(2)4(7)3-6;1-2-3/h6H,3H2,1-2H3;3H,2H2,1H3. The van der Waals surface area contributed by atoms with Crippen molar-refractivity contribution >= 4 is 5.91 Å². The van der Waals surface area contributed by atoms with Crippen molar-refractivity contribution in [2.24, 2.45) is 0 Å². The van der Waals surface area contributed by atoms with Crippen LogP contribution in [0, 0.1) is 0 Å². The number of aliphatic hydroxyl groups is 2. The van der Waals surface area contributed by atoms with Crippen molar-refractivity contribution < 1.29 is 15.0 Å². The molecule has 0 fully saturated rings. The van der Waals surface area contributed by atoms with Gasteiger partial charge in [-0.05, 0) is 6.92 Å². The third-order valence-electron chi connectivity index (χ3n) is 0.634. The molecule has 62 valence electrons. The van der Waals surface area contributed by atoms with Gasteiger partial charge in [-0.15, -0.1) is 0 Å². The number of rotatable bonds is 1. The number of hydrogen-bond acceptors (Lipinski definition) is 3. The lowest BCUT2D eigenvalue weighted by Gasteiger charge is -2.05. The lowest BCUT2D eigenvalue weighted by Crippen LogP contribution is -2.24. The molecule has 2 N–H and O–H groups in total. The maximum absolute atomic E-state index is 10.2. The molecule has 0 bridgehead atoms. The minimum absolute atomic E-state index is 0.250. The van der Waals surface area contributed by atoms with Crippen molar-refractivity contribution in [3.05, 3.63) is 0 Å². The van der Waals surface area contributed by atoms with Gasteiger partial charge in [-0.2, -0.15) is 0 Å². The summed E-state index contributed by atoms with van der Waals surface area (Å²) in [7, 11) is 3.19. The summed E-state index contributed by atoms with van der Waals surface area (Å²) in [4.78, 5) is 11.5. The Morgan fingerprint density at radius 1 is 1.40 bits per heavy atom. The fourth-order valence-corrected chi connectivity index (χ4v) is 0.141. The summed E-state index contributed by atoms with van der Waals surface area (Å²) in [6, 6.07) is 0. The summed E-state index contributed by atoms with van der Waals surface area (Å²) >= 11 is 0. The second-order valence-corrected chi connectivity index (χ2v) is 1.76. The van der Waals surface area contributed by atoms with Gasteiger partial charge in [0.15, 0.2) is 0 Å². The predicted octanol–water partition coefficient (Wildman–Crippen LogP) is -0.935. The number of likely N-dealkylation sites (N-methyl/N-ethyl adjacent to an activating group) is 1. The normalized spacial score (nSPS) is 7.70. The molecular weight excluding hydrogens is 134 g/mol. The van der Waals surface area contributed by atoms with Crippen molar-refractivity contribution in [1.82, 2.24) is 4.90 Å². The fraction of sp³-hybridized carbons (Fsp3) is 0.833. The van der Waals surface area contributed by atoms with Crippen molar-refractivity contribution in [1.29, 1.82) is 0 Å². The number of hydrogen-bond donors (Lipinski definition) is 2. The van der Waals surface area contributed by atoms with Gasteiger partial charge in [-0.3, -0.25) is 4.79 Å². The van der Waals surface area contributed by atoms with E-state index in [2.05, 4.69) is 0 Å². The molecule has 0 aliphatic heterocycles. The molecule has 0 saturated carbocycles. The van der Waals surface area contributed by atoms with Crippen molar-refractivity contribution in [2.75, 3.05) is 27.3 Å². The number of aliphatic hydroxyl groups excluding tert-OH is 2. The second-order valence-electron chi connectivity index (χ2n) is 1.76. The van der Waals surface area contributed by atoms with Gasteiger partial charge < -0.3 is 15.1 Å². The van der Waals surface area contributed by atoms with E-state index in [0.29, 0.717) is 0 Å². The first-order valence-corrected chi connectivity index (χ1v) is 3.02. The highest BCUT2D eigenvalue weighted by Crippen LogP contribution is 1.71. The monoisotopic (exact) mass is 149 g/mol. The highest BCUT2D eigenvalue weighted by molar-refractivity contribution is 5.76. The molecule has 0 aliphatic carbocycles. The Bertz CT molecular complexity index is 83.1. The molecular formula is C6H15NO3. The molecule has 0 saturated heterocycles. The predicted molar refractivity (Wildman–Crippen MR) is 38.5 cm³/mol. The SMILES string of the molecule is CCO.CN(C)C(=O)CO. The lowest BCUT2D eigenvalue weighted by atomic mass is 10.6. The van der Waals surface area contributed by atoms with E-state index in [4.69, 9.17) is 10.2 Å². The van der Waals surface area contributed by atoms with Crippen molar-refractivity contribution in [3.63, 3.8) is 0 Å². The van der Waals surface area contributed by atoms with Gasteiger partial charge >= 0.3 is 0 Å². The van der Waals surface area contributed by atoms with E-state index in [0.717, 1.165) is 0 Å².